The van der Waals surface area contributed by atoms with Crippen molar-refractivity contribution in [3.8, 4) is 0 Å². The molecule has 1 rings (SSSR count). The standard InChI is InChI=1S/C20H40N6O/c1-5-9-13-25(14-10-6-2)19-22-18(21-17-27)23-20(24-19)26(15-11-7-3)16-12-8-4/h27H,5-17H2,1-4H3,(H,21,22,23,24). The number of rotatable bonds is 16. The number of aliphatic hydroxyl groups is 1. The molecule has 0 bridgehead atoms. The first-order chi connectivity index (χ1) is 13.2. The Hall–Kier alpha value is -1.63. The van der Waals surface area contributed by atoms with E-state index in [4.69, 9.17) is 4.98 Å². The van der Waals surface area contributed by atoms with Gasteiger partial charge in [-0.25, -0.2) is 0 Å². The van der Waals surface area contributed by atoms with Crippen LogP contribution in [-0.4, -0.2) is 53.0 Å². The second-order valence-electron chi connectivity index (χ2n) is 6.98. The molecule has 27 heavy (non-hydrogen) atoms. The van der Waals surface area contributed by atoms with Crippen LogP contribution in [0.5, 0.6) is 0 Å². The smallest absolute Gasteiger partial charge is 0.231 e. The van der Waals surface area contributed by atoms with Gasteiger partial charge in [0.1, 0.15) is 6.73 Å². The van der Waals surface area contributed by atoms with E-state index in [2.05, 4.69) is 52.8 Å². The largest absolute Gasteiger partial charge is 0.376 e. The Morgan fingerprint density at radius 3 is 1.33 bits per heavy atom. The van der Waals surface area contributed by atoms with Gasteiger partial charge in [0.25, 0.3) is 0 Å². The number of nitrogens with one attached hydrogen (secondary N) is 1. The van der Waals surface area contributed by atoms with Crippen LogP contribution in [-0.2, 0) is 0 Å². The third-order valence-corrected chi connectivity index (χ3v) is 4.54. The molecule has 0 aromatic carbocycles. The highest BCUT2D eigenvalue weighted by Crippen LogP contribution is 2.19. The molecule has 0 amide bonds. The second-order valence-corrected chi connectivity index (χ2v) is 6.98. The van der Waals surface area contributed by atoms with Crippen LogP contribution in [0.1, 0.15) is 79.1 Å². The number of aromatic nitrogens is 3. The number of nitrogens with zero attached hydrogens (tertiary/aromatic N) is 5. The zero-order valence-corrected chi connectivity index (χ0v) is 17.9. The monoisotopic (exact) mass is 380 g/mol. The fourth-order valence-electron chi connectivity index (χ4n) is 2.81. The van der Waals surface area contributed by atoms with Crippen LogP contribution in [0.15, 0.2) is 0 Å². The molecule has 0 aliphatic heterocycles. The molecule has 1 heterocycles. The Bertz CT molecular complexity index is 445. The van der Waals surface area contributed by atoms with Gasteiger partial charge in [-0.15, -0.1) is 0 Å². The predicted octanol–water partition coefficient (Wildman–Crippen LogP) is 4.05. The lowest BCUT2D eigenvalue weighted by Gasteiger charge is -2.26. The van der Waals surface area contributed by atoms with Gasteiger partial charge in [-0.2, -0.15) is 15.0 Å². The van der Waals surface area contributed by atoms with Gasteiger partial charge >= 0.3 is 0 Å². The maximum Gasteiger partial charge on any atom is 0.231 e. The average Bonchev–Trinajstić information content (AvgIpc) is 2.68. The van der Waals surface area contributed by atoms with E-state index in [9.17, 15) is 5.11 Å². The van der Waals surface area contributed by atoms with E-state index in [0.717, 1.165) is 89.4 Å². The summed E-state index contributed by atoms with van der Waals surface area (Å²) in [4.78, 5) is 18.5. The zero-order chi connectivity index (χ0) is 19.9. The van der Waals surface area contributed by atoms with Crippen LogP contribution >= 0.6 is 0 Å². The van der Waals surface area contributed by atoms with E-state index >= 15 is 0 Å². The summed E-state index contributed by atoms with van der Waals surface area (Å²) in [5.41, 5.74) is 0. The summed E-state index contributed by atoms with van der Waals surface area (Å²) >= 11 is 0. The molecular formula is C20H40N6O. The Morgan fingerprint density at radius 2 is 1.04 bits per heavy atom. The first-order valence-corrected chi connectivity index (χ1v) is 10.8. The van der Waals surface area contributed by atoms with Gasteiger partial charge in [0, 0.05) is 26.2 Å². The molecule has 156 valence electrons. The molecule has 0 aliphatic carbocycles. The Morgan fingerprint density at radius 1 is 0.667 bits per heavy atom. The first kappa shape index (κ1) is 23.4. The van der Waals surface area contributed by atoms with Crippen molar-refractivity contribution >= 4 is 17.8 Å². The highest BCUT2D eigenvalue weighted by atomic mass is 16.3. The minimum Gasteiger partial charge on any atom is -0.376 e. The van der Waals surface area contributed by atoms with Gasteiger partial charge in [0.2, 0.25) is 17.8 Å². The van der Waals surface area contributed by atoms with Gasteiger partial charge in [-0.05, 0) is 25.7 Å². The lowest BCUT2D eigenvalue weighted by molar-refractivity contribution is 0.324. The molecule has 2 N–H and O–H groups in total. The van der Waals surface area contributed by atoms with Crippen molar-refractivity contribution in [2.75, 3.05) is 48.0 Å². The average molecular weight is 381 g/mol. The third kappa shape index (κ3) is 8.73. The van der Waals surface area contributed by atoms with Crippen LogP contribution < -0.4 is 15.1 Å². The first-order valence-electron chi connectivity index (χ1n) is 10.8. The second kappa shape index (κ2) is 14.4. The minimum atomic E-state index is -0.184. The molecule has 0 spiro atoms. The van der Waals surface area contributed by atoms with E-state index in [1.807, 2.05) is 0 Å². The highest BCUT2D eigenvalue weighted by Gasteiger charge is 2.17. The number of unbranched alkanes of at least 4 members (excludes halogenated alkanes) is 4. The topological polar surface area (TPSA) is 77.4 Å². The lowest BCUT2D eigenvalue weighted by Crippen LogP contribution is -2.32. The summed E-state index contributed by atoms with van der Waals surface area (Å²) in [5.74, 6) is 1.89. The van der Waals surface area contributed by atoms with Crippen molar-refractivity contribution in [1.82, 2.24) is 15.0 Å². The van der Waals surface area contributed by atoms with E-state index in [0.29, 0.717) is 5.95 Å². The summed E-state index contributed by atoms with van der Waals surface area (Å²) in [6.45, 7) is 12.4. The fraction of sp³-hybridized carbons (Fsp3) is 0.850. The molecule has 1 aromatic rings. The minimum absolute atomic E-state index is 0.184. The Balaban J connectivity index is 3.16. The molecule has 0 aliphatic rings. The van der Waals surface area contributed by atoms with Crippen LogP contribution in [0.25, 0.3) is 0 Å². The molecule has 0 radical (unpaired) electrons. The number of anilines is 3. The van der Waals surface area contributed by atoms with Gasteiger partial charge in [0.05, 0.1) is 0 Å². The molecular weight excluding hydrogens is 340 g/mol. The van der Waals surface area contributed by atoms with Gasteiger partial charge in [-0.1, -0.05) is 53.4 Å². The van der Waals surface area contributed by atoms with Crippen molar-refractivity contribution in [3.63, 3.8) is 0 Å². The van der Waals surface area contributed by atoms with Crippen molar-refractivity contribution in [2.24, 2.45) is 0 Å². The molecule has 0 atom stereocenters. The third-order valence-electron chi connectivity index (χ3n) is 4.54. The molecule has 0 saturated heterocycles. The lowest BCUT2D eigenvalue weighted by atomic mass is 10.2. The van der Waals surface area contributed by atoms with Crippen LogP contribution in [0.4, 0.5) is 17.8 Å². The van der Waals surface area contributed by atoms with Crippen LogP contribution in [0.3, 0.4) is 0 Å². The van der Waals surface area contributed by atoms with Crippen molar-refractivity contribution in [1.29, 1.82) is 0 Å². The van der Waals surface area contributed by atoms with Crippen LogP contribution in [0.2, 0.25) is 0 Å². The van der Waals surface area contributed by atoms with Gasteiger partial charge in [0.15, 0.2) is 0 Å². The Kier molecular flexibility index (Phi) is 12.5. The van der Waals surface area contributed by atoms with Crippen molar-refractivity contribution in [3.05, 3.63) is 0 Å². The maximum absolute atomic E-state index is 9.31. The molecule has 0 saturated carbocycles. The summed E-state index contributed by atoms with van der Waals surface area (Å²) in [6.07, 6.45) is 9.02. The quantitative estimate of drug-likeness (QED) is 0.419. The zero-order valence-electron chi connectivity index (χ0n) is 17.9. The van der Waals surface area contributed by atoms with Crippen molar-refractivity contribution in [2.45, 2.75) is 79.1 Å². The maximum atomic E-state index is 9.31. The molecule has 1 aromatic heterocycles. The molecule has 7 heteroatoms. The normalized spacial score (nSPS) is 10.9. The van der Waals surface area contributed by atoms with E-state index in [1.165, 1.54) is 0 Å². The predicted molar refractivity (Wildman–Crippen MR) is 115 cm³/mol. The number of aliphatic hydroxyl groups excluding tert-OH is 1. The van der Waals surface area contributed by atoms with Crippen LogP contribution in [0, 0.1) is 0 Å². The summed E-state index contributed by atoms with van der Waals surface area (Å²) < 4.78 is 0. The SMILES string of the molecule is CCCCN(CCCC)c1nc(NCO)nc(N(CCCC)CCCC)n1. The fourth-order valence-corrected chi connectivity index (χ4v) is 2.81. The van der Waals surface area contributed by atoms with E-state index in [-0.39, 0.29) is 6.73 Å². The van der Waals surface area contributed by atoms with Crippen molar-refractivity contribution < 1.29 is 5.11 Å². The van der Waals surface area contributed by atoms with Gasteiger partial charge < -0.3 is 20.2 Å². The molecule has 0 fully saturated rings. The summed E-state index contributed by atoms with van der Waals surface area (Å²) in [5, 5.41) is 12.2. The number of hydrogen-bond donors (Lipinski definition) is 2. The number of hydrogen-bond acceptors (Lipinski definition) is 7. The molecule has 7 nitrogen and oxygen atoms in total. The van der Waals surface area contributed by atoms with Gasteiger partial charge in [-0.3, -0.25) is 0 Å². The summed E-state index contributed by atoms with van der Waals surface area (Å²) in [7, 11) is 0. The molecule has 0 unspecified atom stereocenters. The van der Waals surface area contributed by atoms with E-state index < -0.39 is 0 Å². The Labute approximate surface area is 165 Å². The van der Waals surface area contributed by atoms with E-state index in [1.54, 1.807) is 0 Å². The summed E-state index contributed by atoms with van der Waals surface area (Å²) in [6, 6.07) is 0. The highest BCUT2D eigenvalue weighted by molar-refractivity contribution is 5.45.